The number of hydrogen-bond acceptors (Lipinski definition) is 3. The molecule has 4 nitrogen and oxygen atoms in total. The summed E-state index contributed by atoms with van der Waals surface area (Å²) in [5.41, 5.74) is 7.35. The first-order valence-corrected chi connectivity index (χ1v) is 8.32. The lowest BCUT2D eigenvalue weighted by Gasteiger charge is -2.06. The molecule has 2 aromatic rings. The van der Waals surface area contributed by atoms with Gasteiger partial charge in [0.05, 0.1) is 5.56 Å². The van der Waals surface area contributed by atoms with E-state index in [0.29, 0.717) is 22.5 Å². The van der Waals surface area contributed by atoms with E-state index >= 15 is 0 Å². The van der Waals surface area contributed by atoms with Crippen LogP contribution < -0.4 is 11.1 Å². The Hall–Kier alpha value is -1.41. The quantitative estimate of drug-likeness (QED) is 0.751. The number of hydrogen-bond donors (Lipinski definition) is 2. The second-order valence-corrected chi connectivity index (χ2v) is 6.99. The minimum atomic E-state index is -0.505. The van der Waals surface area contributed by atoms with Gasteiger partial charge in [0.15, 0.2) is 0 Å². The molecule has 0 bridgehead atoms. The summed E-state index contributed by atoms with van der Waals surface area (Å²) in [6.07, 6.45) is 0.708. The van der Waals surface area contributed by atoms with Gasteiger partial charge in [-0.2, -0.15) is 0 Å². The zero-order chi connectivity index (χ0) is 15.6. The molecule has 0 aliphatic heterocycles. The normalized spacial score (nSPS) is 10.4. The Morgan fingerprint density at radius 2 is 2.10 bits per heavy atom. The smallest absolute Gasteiger partial charge is 0.256 e. The third-order valence-electron chi connectivity index (χ3n) is 3.12. The van der Waals surface area contributed by atoms with Gasteiger partial charge in [-0.15, -0.1) is 11.3 Å². The lowest BCUT2D eigenvalue weighted by molar-refractivity contribution is 0.100. The van der Waals surface area contributed by atoms with Gasteiger partial charge in [-0.05, 0) is 59.7 Å². The van der Waals surface area contributed by atoms with E-state index in [4.69, 9.17) is 5.73 Å². The Morgan fingerprint density at radius 3 is 2.67 bits per heavy atom. The highest BCUT2D eigenvalue weighted by Gasteiger charge is 2.20. The Kier molecular flexibility index (Phi) is 5.00. The van der Waals surface area contributed by atoms with E-state index in [2.05, 4.69) is 27.9 Å². The largest absolute Gasteiger partial charge is 0.365 e. The van der Waals surface area contributed by atoms with Crippen molar-refractivity contribution in [2.45, 2.75) is 20.3 Å². The molecule has 2 amide bonds. The average Bonchev–Trinajstić information content (AvgIpc) is 2.74. The van der Waals surface area contributed by atoms with Gasteiger partial charge in [-0.1, -0.05) is 13.0 Å². The van der Waals surface area contributed by atoms with Gasteiger partial charge in [0.1, 0.15) is 5.00 Å². The molecular formula is C15H15IN2O2S. The molecule has 1 aromatic heterocycles. The van der Waals surface area contributed by atoms with Crippen molar-refractivity contribution in [2.75, 3.05) is 5.32 Å². The second kappa shape index (κ2) is 6.57. The first kappa shape index (κ1) is 16.0. The van der Waals surface area contributed by atoms with E-state index in [1.807, 2.05) is 26.0 Å². The molecule has 0 unspecified atom stereocenters. The summed E-state index contributed by atoms with van der Waals surface area (Å²) in [6, 6.07) is 7.27. The van der Waals surface area contributed by atoms with Crippen LogP contribution in [0, 0.1) is 10.5 Å². The van der Waals surface area contributed by atoms with Crippen molar-refractivity contribution >= 4 is 50.7 Å². The molecular weight excluding hydrogens is 399 g/mol. The molecule has 0 radical (unpaired) electrons. The summed E-state index contributed by atoms with van der Waals surface area (Å²) in [4.78, 5) is 25.0. The van der Waals surface area contributed by atoms with Crippen molar-refractivity contribution in [3.05, 3.63) is 49.4 Å². The molecule has 21 heavy (non-hydrogen) atoms. The van der Waals surface area contributed by atoms with Crippen molar-refractivity contribution in [3.63, 3.8) is 0 Å². The average molecular weight is 414 g/mol. The van der Waals surface area contributed by atoms with E-state index in [1.165, 1.54) is 11.3 Å². The van der Waals surface area contributed by atoms with Gasteiger partial charge in [-0.3, -0.25) is 9.59 Å². The van der Waals surface area contributed by atoms with Gasteiger partial charge < -0.3 is 11.1 Å². The number of anilines is 1. The molecule has 6 heteroatoms. The standard InChI is InChI=1S/C15H15IN2O2S/c1-3-11-8(2)21-15(12(11)13(17)19)18-14(20)9-5-4-6-10(16)7-9/h4-7H,3H2,1-2H3,(H2,17,19)(H,18,20). The maximum atomic E-state index is 12.3. The first-order valence-electron chi connectivity index (χ1n) is 6.43. The predicted octanol–water partition coefficient (Wildman–Crippen LogP) is 3.57. The van der Waals surface area contributed by atoms with E-state index in [-0.39, 0.29) is 5.91 Å². The Bertz CT molecular complexity index is 710. The summed E-state index contributed by atoms with van der Waals surface area (Å²) in [6.45, 7) is 3.89. The van der Waals surface area contributed by atoms with Crippen LogP contribution in [0.15, 0.2) is 24.3 Å². The fraction of sp³-hybridized carbons (Fsp3) is 0.200. The molecule has 0 fully saturated rings. The van der Waals surface area contributed by atoms with Crippen molar-refractivity contribution in [1.29, 1.82) is 0 Å². The summed E-state index contributed by atoms with van der Waals surface area (Å²) in [7, 11) is 0. The summed E-state index contributed by atoms with van der Waals surface area (Å²) in [5.74, 6) is -0.742. The van der Waals surface area contributed by atoms with E-state index in [1.54, 1.807) is 12.1 Å². The molecule has 0 atom stereocenters. The van der Waals surface area contributed by atoms with E-state index in [0.717, 1.165) is 14.0 Å². The van der Waals surface area contributed by atoms with Crippen LogP contribution in [-0.4, -0.2) is 11.8 Å². The fourth-order valence-electron chi connectivity index (χ4n) is 2.16. The van der Waals surface area contributed by atoms with Gasteiger partial charge in [0, 0.05) is 14.0 Å². The molecule has 110 valence electrons. The lowest BCUT2D eigenvalue weighted by Crippen LogP contribution is -2.18. The second-order valence-electron chi connectivity index (χ2n) is 4.52. The predicted molar refractivity (Wildman–Crippen MR) is 94.1 cm³/mol. The number of benzene rings is 1. The topological polar surface area (TPSA) is 72.2 Å². The van der Waals surface area contributed by atoms with Crippen molar-refractivity contribution in [3.8, 4) is 0 Å². The number of amides is 2. The van der Waals surface area contributed by atoms with E-state index < -0.39 is 5.91 Å². The molecule has 1 heterocycles. The number of nitrogens with one attached hydrogen (secondary N) is 1. The van der Waals surface area contributed by atoms with Crippen LogP contribution in [-0.2, 0) is 6.42 Å². The number of rotatable bonds is 4. The minimum absolute atomic E-state index is 0.236. The maximum Gasteiger partial charge on any atom is 0.256 e. The van der Waals surface area contributed by atoms with Crippen LogP contribution in [0.5, 0.6) is 0 Å². The van der Waals surface area contributed by atoms with Gasteiger partial charge in [0.2, 0.25) is 0 Å². The summed E-state index contributed by atoms with van der Waals surface area (Å²) in [5, 5.41) is 3.33. The SMILES string of the molecule is CCc1c(C)sc(NC(=O)c2cccc(I)c2)c1C(N)=O. The Labute approximate surface area is 140 Å². The van der Waals surface area contributed by atoms with Crippen molar-refractivity contribution in [1.82, 2.24) is 0 Å². The Balaban J connectivity index is 2.36. The first-order chi connectivity index (χ1) is 9.93. The summed E-state index contributed by atoms with van der Waals surface area (Å²) >= 11 is 3.54. The number of carbonyl (C=O) groups is 2. The summed E-state index contributed by atoms with van der Waals surface area (Å²) < 4.78 is 0.979. The molecule has 3 N–H and O–H groups in total. The molecule has 0 saturated carbocycles. The van der Waals surface area contributed by atoms with Crippen LogP contribution in [0.4, 0.5) is 5.00 Å². The third-order valence-corrected chi connectivity index (χ3v) is 4.86. The Morgan fingerprint density at radius 1 is 1.38 bits per heavy atom. The van der Waals surface area contributed by atoms with Crippen molar-refractivity contribution < 1.29 is 9.59 Å². The van der Waals surface area contributed by atoms with Crippen LogP contribution in [0.3, 0.4) is 0 Å². The van der Waals surface area contributed by atoms with Crippen LogP contribution in [0.2, 0.25) is 0 Å². The van der Waals surface area contributed by atoms with Crippen LogP contribution in [0.25, 0.3) is 0 Å². The number of aryl methyl sites for hydroxylation is 1. The number of primary amides is 1. The van der Waals surface area contributed by atoms with Crippen LogP contribution in [0.1, 0.15) is 38.1 Å². The highest BCUT2D eigenvalue weighted by atomic mass is 127. The third kappa shape index (κ3) is 3.44. The number of halogens is 1. The highest BCUT2D eigenvalue weighted by Crippen LogP contribution is 2.33. The van der Waals surface area contributed by atoms with Crippen LogP contribution >= 0.6 is 33.9 Å². The fourth-order valence-corrected chi connectivity index (χ4v) is 3.85. The molecule has 1 aromatic carbocycles. The molecule has 0 aliphatic carbocycles. The minimum Gasteiger partial charge on any atom is -0.365 e. The van der Waals surface area contributed by atoms with Gasteiger partial charge in [-0.25, -0.2) is 0 Å². The lowest BCUT2D eigenvalue weighted by atomic mass is 10.1. The van der Waals surface area contributed by atoms with Gasteiger partial charge >= 0.3 is 0 Å². The molecule has 0 saturated heterocycles. The van der Waals surface area contributed by atoms with E-state index in [9.17, 15) is 9.59 Å². The molecule has 0 spiro atoms. The number of thiophene rings is 1. The highest BCUT2D eigenvalue weighted by molar-refractivity contribution is 14.1. The zero-order valence-corrected chi connectivity index (χ0v) is 14.7. The number of nitrogens with two attached hydrogens (primary N) is 1. The number of carbonyl (C=O) groups excluding carboxylic acids is 2. The molecule has 2 rings (SSSR count). The maximum absolute atomic E-state index is 12.3. The monoisotopic (exact) mass is 414 g/mol. The molecule has 0 aliphatic rings. The zero-order valence-electron chi connectivity index (χ0n) is 11.7. The van der Waals surface area contributed by atoms with Gasteiger partial charge in [0.25, 0.3) is 11.8 Å². The van der Waals surface area contributed by atoms with Crippen molar-refractivity contribution in [2.24, 2.45) is 5.73 Å².